The van der Waals surface area contributed by atoms with Crippen LogP contribution in [0.2, 0.25) is 0 Å². The molecule has 2 aliphatic rings. The number of piperidine rings is 1. The van der Waals surface area contributed by atoms with Crippen molar-refractivity contribution >= 4 is 16.1 Å². The predicted octanol–water partition coefficient (Wildman–Crippen LogP) is 4.72. The second-order valence-electron chi connectivity index (χ2n) is 9.58. The van der Waals surface area contributed by atoms with Gasteiger partial charge in [-0.05, 0) is 69.3 Å². The molecule has 1 aliphatic carbocycles. The molecule has 2 aromatic rings. The van der Waals surface area contributed by atoms with Gasteiger partial charge in [0.25, 0.3) is 10.1 Å². The SMILES string of the molecule is Cc1ccc(S(=O)(=O)OC(C(=O)OCC2CCNCC2)(c2ccccc2)C2CCCCC2)cc1. The van der Waals surface area contributed by atoms with Crippen molar-refractivity contribution in [2.24, 2.45) is 11.8 Å². The zero-order valence-electron chi connectivity index (χ0n) is 19.9. The summed E-state index contributed by atoms with van der Waals surface area (Å²) in [7, 11) is -4.23. The van der Waals surface area contributed by atoms with Gasteiger partial charge in [-0.25, -0.2) is 8.98 Å². The van der Waals surface area contributed by atoms with Crippen molar-refractivity contribution < 1.29 is 22.1 Å². The number of benzene rings is 2. The Hall–Kier alpha value is -2.22. The van der Waals surface area contributed by atoms with Crippen molar-refractivity contribution in [3.63, 3.8) is 0 Å². The summed E-state index contributed by atoms with van der Waals surface area (Å²) in [5, 5.41) is 3.32. The quantitative estimate of drug-likeness (QED) is 0.430. The molecule has 1 heterocycles. The van der Waals surface area contributed by atoms with Crippen LogP contribution < -0.4 is 5.32 Å². The summed E-state index contributed by atoms with van der Waals surface area (Å²) in [5.41, 5.74) is -0.229. The van der Waals surface area contributed by atoms with Gasteiger partial charge in [0.15, 0.2) is 0 Å². The molecule has 1 unspecified atom stereocenters. The first-order valence-electron chi connectivity index (χ1n) is 12.4. The van der Waals surface area contributed by atoms with Gasteiger partial charge in [-0.3, -0.25) is 0 Å². The van der Waals surface area contributed by atoms with E-state index in [-0.39, 0.29) is 23.3 Å². The lowest BCUT2D eigenvalue weighted by molar-refractivity contribution is -0.172. The van der Waals surface area contributed by atoms with E-state index in [4.69, 9.17) is 8.92 Å². The number of hydrogen-bond donors (Lipinski definition) is 1. The number of carbonyl (C=O) groups is 1. The third-order valence-electron chi connectivity index (χ3n) is 7.15. The van der Waals surface area contributed by atoms with Gasteiger partial charge < -0.3 is 10.1 Å². The molecular weight excluding hydrogens is 450 g/mol. The van der Waals surface area contributed by atoms with Gasteiger partial charge in [0.2, 0.25) is 5.60 Å². The third kappa shape index (κ3) is 5.53. The molecular formula is C27H35NO5S. The second-order valence-corrected chi connectivity index (χ2v) is 11.1. The van der Waals surface area contributed by atoms with Crippen LogP contribution in [0.15, 0.2) is 59.5 Å². The Morgan fingerprint density at radius 1 is 0.941 bits per heavy atom. The van der Waals surface area contributed by atoms with Crippen LogP contribution in [-0.2, 0) is 29.4 Å². The van der Waals surface area contributed by atoms with E-state index in [0.717, 1.165) is 50.8 Å². The van der Waals surface area contributed by atoms with Gasteiger partial charge in [0.05, 0.1) is 11.5 Å². The molecule has 1 saturated heterocycles. The number of esters is 1. The summed E-state index contributed by atoms with van der Waals surface area (Å²) >= 11 is 0. The number of ether oxygens (including phenoxy) is 1. The molecule has 1 atom stereocenters. The smallest absolute Gasteiger partial charge is 0.345 e. The third-order valence-corrected chi connectivity index (χ3v) is 8.48. The summed E-state index contributed by atoms with van der Waals surface area (Å²) in [5.74, 6) is -0.622. The fourth-order valence-electron chi connectivity index (χ4n) is 5.14. The van der Waals surface area contributed by atoms with E-state index in [9.17, 15) is 13.2 Å². The van der Waals surface area contributed by atoms with E-state index in [1.807, 2.05) is 25.1 Å². The molecule has 1 aliphatic heterocycles. The standard InChI is InChI=1S/C27H35NO5S/c1-21-12-14-25(15-13-21)34(30,31)33-27(23-8-4-2-5-9-23,24-10-6-3-7-11-24)26(29)32-20-22-16-18-28-19-17-22/h2,4-5,8-9,12-15,22,24,28H,3,6-7,10-11,16-20H2,1H3. The maximum Gasteiger partial charge on any atom is 0.345 e. The summed E-state index contributed by atoms with van der Waals surface area (Å²) in [6, 6.07) is 15.6. The topological polar surface area (TPSA) is 81.7 Å². The minimum absolute atomic E-state index is 0.0420. The maximum absolute atomic E-state index is 13.9. The highest BCUT2D eigenvalue weighted by Crippen LogP contribution is 2.45. The van der Waals surface area contributed by atoms with Crippen molar-refractivity contribution in [1.29, 1.82) is 0 Å². The van der Waals surface area contributed by atoms with Crippen molar-refractivity contribution in [3.8, 4) is 0 Å². The van der Waals surface area contributed by atoms with Crippen LogP contribution in [-0.4, -0.2) is 34.1 Å². The first-order chi connectivity index (χ1) is 16.4. The highest BCUT2D eigenvalue weighted by atomic mass is 32.2. The van der Waals surface area contributed by atoms with E-state index in [1.54, 1.807) is 24.3 Å². The largest absolute Gasteiger partial charge is 0.463 e. The number of hydrogen-bond acceptors (Lipinski definition) is 6. The van der Waals surface area contributed by atoms with Gasteiger partial charge in [0, 0.05) is 5.92 Å². The maximum atomic E-state index is 13.9. The fourth-order valence-corrected chi connectivity index (χ4v) is 6.35. The van der Waals surface area contributed by atoms with Crippen molar-refractivity contribution in [3.05, 3.63) is 65.7 Å². The molecule has 4 rings (SSSR count). The van der Waals surface area contributed by atoms with E-state index < -0.39 is 21.7 Å². The van der Waals surface area contributed by atoms with Gasteiger partial charge in [-0.1, -0.05) is 67.3 Å². The van der Waals surface area contributed by atoms with Crippen LogP contribution in [0, 0.1) is 18.8 Å². The van der Waals surface area contributed by atoms with Gasteiger partial charge >= 0.3 is 5.97 Å². The van der Waals surface area contributed by atoms with Crippen LogP contribution in [0.25, 0.3) is 0 Å². The molecule has 6 nitrogen and oxygen atoms in total. The molecule has 1 saturated carbocycles. The van der Waals surface area contributed by atoms with Crippen LogP contribution >= 0.6 is 0 Å². The Kier molecular flexibility index (Phi) is 8.06. The summed E-state index contributed by atoms with van der Waals surface area (Å²) in [6.07, 6.45) is 6.19. The van der Waals surface area contributed by atoms with E-state index in [0.29, 0.717) is 18.4 Å². The second kappa shape index (κ2) is 11.0. The molecule has 0 aromatic heterocycles. The Bertz CT molecular complexity index is 1040. The van der Waals surface area contributed by atoms with Crippen molar-refractivity contribution in [2.45, 2.75) is 62.4 Å². The van der Waals surface area contributed by atoms with E-state index >= 15 is 0 Å². The molecule has 0 bridgehead atoms. The number of rotatable bonds is 8. The Morgan fingerprint density at radius 2 is 1.59 bits per heavy atom. The molecule has 2 aromatic carbocycles. The zero-order valence-corrected chi connectivity index (χ0v) is 20.7. The first-order valence-corrected chi connectivity index (χ1v) is 13.8. The van der Waals surface area contributed by atoms with Gasteiger partial charge in [-0.15, -0.1) is 0 Å². The lowest BCUT2D eigenvalue weighted by Crippen LogP contribution is -2.49. The highest BCUT2D eigenvalue weighted by molar-refractivity contribution is 7.86. The molecule has 7 heteroatoms. The van der Waals surface area contributed by atoms with Gasteiger partial charge in [-0.2, -0.15) is 8.42 Å². The van der Waals surface area contributed by atoms with Crippen LogP contribution in [0.1, 0.15) is 56.1 Å². The molecule has 2 fully saturated rings. The fraction of sp³-hybridized carbons (Fsp3) is 0.519. The number of carbonyl (C=O) groups excluding carboxylic acids is 1. The van der Waals surface area contributed by atoms with Crippen LogP contribution in [0.5, 0.6) is 0 Å². The van der Waals surface area contributed by atoms with Crippen molar-refractivity contribution in [2.75, 3.05) is 19.7 Å². The highest BCUT2D eigenvalue weighted by Gasteiger charge is 2.53. The van der Waals surface area contributed by atoms with Crippen LogP contribution in [0.4, 0.5) is 0 Å². The normalized spacial score (nSPS) is 19.9. The van der Waals surface area contributed by atoms with E-state index in [2.05, 4.69) is 5.32 Å². The molecule has 184 valence electrons. The number of nitrogens with one attached hydrogen (secondary N) is 1. The summed E-state index contributed by atoms with van der Waals surface area (Å²) < 4.78 is 39.1. The summed E-state index contributed by atoms with van der Waals surface area (Å²) in [4.78, 5) is 14.0. The molecule has 34 heavy (non-hydrogen) atoms. The average molecular weight is 486 g/mol. The lowest BCUT2D eigenvalue weighted by atomic mass is 9.73. The molecule has 0 spiro atoms. The Morgan fingerprint density at radius 3 is 2.24 bits per heavy atom. The Balaban J connectivity index is 1.73. The lowest BCUT2D eigenvalue weighted by Gasteiger charge is -2.40. The average Bonchev–Trinajstić information content (AvgIpc) is 2.88. The van der Waals surface area contributed by atoms with Crippen molar-refractivity contribution in [1.82, 2.24) is 5.32 Å². The summed E-state index contributed by atoms with van der Waals surface area (Å²) in [6.45, 7) is 3.96. The number of aryl methyl sites for hydroxylation is 1. The Labute approximate surface area is 203 Å². The van der Waals surface area contributed by atoms with E-state index in [1.165, 1.54) is 12.1 Å². The minimum atomic E-state index is -4.23. The zero-order chi connectivity index (χ0) is 24.0. The molecule has 0 radical (unpaired) electrons. The van der Waals surface area contributed by atoms with Gasteiger partial charge in [0.1, 0.15) is 0 Å². The minimum Gasteiger partial charge on any atom is -0.463 e. The van der Waals surface area contributed by atoms with Crippen LogP contribution in [0.3, 0.4) is 0 Å². The molecule has 1 N–H and O–H groups in total. The first kappa shape index (κ1) is 24.9. The molecule has 0 amide bonds. The predicted molar refractivity (Wildman–Crippen MR) is 131 cm³/mol. The monoisotopic (exact) mass is 485 g/mol.